The summed E-state index contributed by atoms with van der Waals surface area (Å²) in [6, 6.07) is 15.9. The lowest BCUT2D eigenvalue weighted by molar-refractivity contribution is 0.548. The third-order valence-corrected chi connectivity index (χ3v) is 4.37. The van der Waals surface area contributed by atoms with Crippen molar-refractivity contribution in [1.82, 2.24) is 5.32 Å². The van der Waals surface area contributed by atoms with Crippen LogP contribution in [0.4, 0.5) is 0 Å². The Balaban J connectivity index is 2.25. The van der Waals surface area contributed by atoms with Gasteiger partial charge in [0.25, 0.3) is 0 Å². The molecule has 0 aromatic heterocycles. The summed E-state index contributed by atoms with van der Waals surface area (Å²) in [5, 5.41) is 3.61. The summed E-state index contributed by atoms with van der Waals surface area (Å²) in [6.45, 7) is 7.52. The fraction of sp³-hybridized carbons (Fsp3) is 0.333. The van der Waals surface area contributed by atoms with Gasteiger partial charge in [-0.05, 0) is 78.2 Å². The highest BCUT2D eigenvalue weighted by Gasteiger charge is 2.12. The first-order valence-electron chi connectivity index (χ1n) is 7.15. The van der Waals surface area contributed by atoms with Crippen molar-refractivity contribution in [2.45, 2.75) is 33.2 Å². The highest BCUT2D eigenvalue weighted by atomic mass is 127. The second-order valence-electron chi connectivity index (χ2n) is 5.30. The largest absolute Gasteiger partial charge is 0.310 e. The number of nitrogens with one attached hydrogen (secondary N) is 1. The van der Waals surface area contributed by atoms with Crippen LogP contribution in [0, 0.1) is 17.4 Å². The van der Waals surface area contributed by atoms with Gasteiger partial charge >= 0.3 is 0 Å². The lowest BCUT2D eigenvalue weighted by Gasteiger charge is -2.20. The highest BCUT2D eigenvalue weighted by Crippen LogP contribution is 2.22. The molecule has 2 aromatic rings. The van der Waals surface area contributed by atoms with Crippen LogP contribution in [0.3, 0.4) is 0 Å². The van der Waals surface area contributed by atoms with Gasteiger partial charge in [-0.15, -0.1) is 0 Å². The van der Waals surface area contributed by atoms with Crippen molar-refractivity contribution in [3.63, 3.8) is 0 Å². The van der Waals surface area contributed by atoms with E-state index in [2.05, 4.69) is 91.1 Å². The van der Waals surface area contributed by atoms with Gasteiger partial charge in [-0.3, -0.25) is 0 Å². The molecule has 1 atom stereocenters. The molecule has 1 unspecified atom stereocenters. The molecule has 0 aliphatic carbocycles. The van der Waals surface area contributed by atoms with Crippen LogP contribution in [-0.4, -0.2) is 6.54 Å². The minimum Gasteiger partial charge on any atom is -0.310 e. The van der Waals surface area contributed by atoms with Crippen molar-refractivity contribution in [1.29, 1.82) is 0 Å². The molecule has 0 spiro atoms. The van der Waals surface area contributed by atoms with E-state index in [0.29, 0.717) is 6.04 Å². The van der Waals surface area contributed by atoms with E-state index in [1.165, 1.54) is 25.8 Å². The van der Waals surface area contributed by atoms with E-state index in [-0.39, 0.29) is 0 Å². The van der Waals surface area contributed by atoms with Crippen LogP contribution in [0.5, 0.6) is 0 Å². The maximum atomic E-state index is 3.61. The maximum absolute atomic E-state index is 3.61. The zero-order valence-corrected chi connectivity index (χ0v) is 14.6. The van der Waals surface area contributed by atoms with E-state index in [1.54, 1.807) is 0 Å². The van der Waals surface area contributed by atoms with E-state index < -0.39 is 0 Å². The van der Waals surface area contributed by atoms with Crippen LogP contribution >= 0.6 is 22.6 Å². The van der Waals surface area contributed by atoms with Crippen LogP contribution in [0.25, 0.3) is 0 Å². The molecule has 0 fully saturated rings. The van der Waals surface area contributed by atoms with Crippen molar-refractivity contribution >= 4 is 22.6 Å². The molecular formula is C18H22IN. The molecule has 0 heterocycles. The van der Waals surface area contributed by atoms with E-state index in [4.69, 9.17) is 0 Å². The van der Waals surface area contributed by atoms with E-state index in [0.717, 1.165) is 13.0 Å². The predicted molar refractivity (Wildman–Crippen MR) is 95.2 cm³/mol. The van der Waals surface area contributed by atoms with Crippen molar-refractivity contribution in [3.05, 3.63) is 68.3 Å². The van der Waals surface area contributed by atoms with Gasteiger partial charge in [0.2, 0.25) is 0 Å². The van der Waals surface area contributed by atoms with Crippen molar-refractivity contribution < 1.29 is 0 Å². The fourth-order valence-corrected chi connectivity index (χ4v) is 2.85. The molecule has 2 rings (SSSR count). The highest BCUT2D eigenvalue weighted by molar-refractivity contribution is 14.1. The second-order valence-corrected chi connectivity index (χ2v) is 6.54. The first-order chi connectivity index (χ1) is 9.60. The normalized spacial score (nSPS) is 12.4. The standard InChI is InChI=1S/C18H22IN/c1-4-20-18(15-7-9-17(19)10-8-15)12-16-11-13(2)5-6-14(16)3/h5-11,18,20H,4,12H2,1-3H3. The third kappa shape index (κ3) is 4.06. The van der Waals surface area contributed by atoms with E-state index >= 15 is 0 Å². The van der Waals surface area contributed by atoms with Crippen molar-refractivity contribution in [3.8, 4) is 0 Å². The van der Waals surface area contributed by atoms with Gasteiger partial charge in [-0.1, -0.05) is 42.8 Å². The molecule has 2 aromatic carbocycles. The molecule has 1 nitrogen and oxygen atoms in total. The average molecular weight is 379 g/mol. The first-order valence-corrected chi connectivity index (χ1v) is 8.23. The zero-order chi connectivity index (χ0) is 14.5. The number of hydrogen-bond donors (Lipinski definition) is 1. The Labute approximate surface area is 135 Å². The van der Waals surface area contributed by atoms with Crippen molar-refractivity contribution in [2.75, 3.05) is 6.54 Å². The molecular weight excluding hydrogens is 357 g/mol. The lowest BCUT2D eigenvalue weighted by Crippen LogP contribution is -2.23. The topological polar surface area (TPSA) is 12.0 Å². The van der Waals surface area contributed by atoms with Crippen LogP contribution in [0.1, 0.15) is 35.2 Å². The van der Waals surface area contributed by atoms with Crippen LogP contribution in [-0.2, 0) is 6.42 Å². The minimum absolute atomic E-state index is 0.387. The number of likely N-dealkylation sites (N-methyl/N-ethyl adjacent to an activating group) is 1. The van der Waals surface area contributed by atoms with Gasteiger partial charge in [0, 0.05) is 9.61 Å². The lowest BCUT2D eigenvalue weighted by atomic mass is 9.95. The number of hydrogen-bond acceptors (Lipinski definition) is 1. The van der Waals surface area contributed by atoms with Gasteiger partial charge in [-0.2, -0.15) is 0 Å². The number of benzene rings is 2. The summed E-state index contributed by atoms with van der Waals surface area (Å²) in [7, 11) is 0. The Hall–Kier alpha value is -0.870. The summed E-state index contributed by atoms with van der Waals surface area (Å²) in [6.07, 6.45) is 1.04. The first kappa shape index (κ1) is 15.5. The Kier molecular flexibility index (Phi) is 5.61. The monoisotopic (exact) mass is 379 g/mol. The molecule has 0 amide bonds. The molecule has 0 saturated carbocycles. The Morgan fingerprint density at radius 2 is 1.75 bits per heavy atom. The van der Waals surface area contributed by atoms with Crippen LogP contribution in [0.15, 0.2) is 42.5 Å². The second kappa shape index (κ2) is 7.23. The number of aryl methyl sites for hydroxylation is 2. The minimum atomic E-state index is 0.387. The average Bonchev–Trinajstić information content (AvgIpc) is 2.43. The molecule has 0 radical (unpaired) electrons. The predicted octanol–water partition coefficient (Wildman–Crippen LogP) is 4.80. The fourth-order valence-electron chi connectivity index (χ4n) is 2.49. The van der Waals surface area contributed by atoms with E-state index in [1.807, 2.05) is 0 Å². The van der Waals surface area contributed by atoms with Crippen LogP contribution < -0.4 is 5.32 Å². The SMILES string of the molecule is CCNC(Cc1cc(C)ccc1C)c1ccc(I)cc1. The van der Waals surface area contributed by atoms with Gasteiger partial charge < -0.3 is 5.32 Å². The summed E-state index contributed by atoms with van der Waals surface area (Å²) >= 11 is 2.35. The molecule has 2 heteroatoms. The Bertz CT molecular complexity index is 560. The molecule has 0 saturated heterocycles. The summed E-state index contributed by atoms with van der Waals surface area (Å²) in [4.78, 5) is 0. The maximum Gasteiger partial charge on any atom is 0.0360 e. The smallest absolute Gasteiger partial charge is 0.0360 e. The van der Waals surface area contributed by atoms with Gasteiger partial charge in [0.1, 0.15) is 0 Å². The van der Waals surface area contributed by atoms with Gasteiger partial charge in [0.05, 0.1) is 0 Å². The molecule has 106 valence electrons. The van der Waals surface area contributed by atoms with Gasteiger partial charge in [-0.25, -0.2) is 0 Å². The Morgan fingerprint density at radius 3 is 2.40 bits per heavy atom. The quantitative estimate of drug-likeness (QED) is 0.736. The number of rotatable bonds is 5. The van der Waals surface area contributed by atoms with Crippen LogP contribution in [0.2, 0.25) is 0 Å². The molecule has 0 aliphatic rings. The molecule has 20 heavy (non-hydrogen) atoms. The van der Waals surface area contributed by atoms with E-state index in [9.17, 15) is 0 Å². The number of halogens is 1. The molecule has 1 N–H and O–H groups in total. The zero-order valence-electron chi connectivity index (χ0n) is 12.4. The summed E-state index contributed by atoms with van der Waals surface area (Å²) in [5.74, 6) is 0. The Morgan fingerprint density at radius 1 is 1.05 bits per heavy atom. The summed E-state index contributed by atoms with van der Waals surface area (Å²) < 4.78 is 1.29. The molecule has 0 bridgehead atoms. The van der Waals surface area contributed by atoms with Gasteiger partial charge in [0.15, 0.2) is 0 Å². The summed E-state index contributed by atoms with van der Waals surface area (Å²) in [5.41, 5.74) is 5.52. The molecule has 0 aliphatic heterocycles. The van der Waals surface area contributed by atoms with Crippen molar-refractivity contribution in [2.24, 2.45) is 0 Å². The third-order valence-electron chi connectivity index (χ3n) is 3.65.